The van der Waals surface area contributed by atoms with Crippen LogP contribution in [0.15, 0.2) is 77.6 Å². The molecule has 3 aliphatic rings. The van der Waals surface area contributed by atoms with Crippen LogP contribution in [0.3, 0.4) is 0 Å². The minimum Gasteiger partial charge on any atom is -0.327 e. The Morgan fingerprint density at radius 3 is 2.68 bits per heavy atom. The predicted molar refractivity (Wildman–Crippen MR) is 138 cm³/mol. The number of amides is 2. The number of hydrogen-bond acceptors (Lipinski definition) is 4. The first-order valence-electron chi connectivity index (χ1n) is 12.0. The number of benzene rings is 1. The number of halogens is 3. The number of allylic oxidation sites excluding steroid dienone is 5. The molecule has 0 saturated carbocycles. The zero-order chi connectivity index (χ0) is 26.4. The first-order chi connectivity index (χ1) is 17.6. The van der Waals surface area contributed by atoms with E-state index >= 15 is 0 Å². The molecule has 2 amide bonds. The maximum atomic E-state index is 13.8. The normalized spacial score (nSPS) is 18.4. The van der Waals surface area contributed by atoms with Crippen LogP contribution in [0.1, 0.15) is 53.1 Å². The first-order valence-corrected chi connectivity index (χ1v) is 12.9. The van der Waals surface area contributed by atoms with E-state index in [4.69, 9.17) is 0 Å². The highest BCUT2D eigenvalue weighted by Crippen LogP contribution is 2.42. The lowest BCUT2D eigenvalue weighted by atomic mass is 9.88. The number of nitrogens with one attached hydrogen (secondary N) is 1. The fraction of sp³-hybridized carbons (Fsp3) is 0.286. The van der Waals surface area contributed by atoms with E-state index in [1.165, 1.54) is 23.5 Å². The summed E-state index contributed by atoms with van der Waals surface area (Å²) < 4.78 is 39.2. The molecular weight excluding hydrogens is 499 g/mol. The Bertz CT molecular complexity index is 1380. The lowest BCUT2D eigenvalue weighted by Gasteiger charge is -2.43. The number of rotatable bonds is 3. The van der Waals surface area contributed by atoms with Gasteiger partial charge in [0.1, 0.15) is 5.70 Å². The largest absolute Gasteiger partial charge is 0.416 e. The lowest BCUT2D eigenvalue weighted by molar-refractivity contribution is -0.137. The fourth-order valence-corrected chi connectivity index (χ4v) is 6.25. The average Bonchev–Trinajstić information content (AvgIpc) is 3.18. The van der Waals surface area contributed by atoms with Gasteiger partial charge >= 0.3 is 6.18 Å². The summed E-state index contributed by atoms with van der Waals surface area (Å²) in [6.45, 7) is 4.35. The molecule has 5 rings (SSSR count). The molecule has 0 atom stereocenters. The SMILES string of the molecule is CC1(C)c2scc(C(=O)Nc3cccc(C(F)(F)F)c3)c2CCN1C(=O)C1=CCCC=C2C=CC=CN21. The van der Waals surface area contributed by atoms with Crippen LogP contribution in [0.25, 0.3) is 0 Å². The molecule has 0 spiro atoms. The second-order valence-electron chi connectivity index (χ2n) is 9.62. The molecule has 5 nitrogen and oxygen atoms in total. The van der Waals surface area contributed by atoms with Crippen molar-refractivity contribution in [1.82, 2.24) is 9.80 Å². The zero-order valence-corrected chi connectivity index (χ0v) is 21.2. The van der Waals surface area contributed by atoms with Crippen molar-refractivity contribution in [3.05, 3.63) is 99.2 Å². The molecule has 37 heavy (non-hydrogen) atoms. The van der Waals surface area contributed by atoms with Crippen LogP contribution >= 0.6 is 11.3 Å². The van der Waals surface area contributed by atoms with Gasteiger partial charge in [-0.15, -0.1) is 11.3 Å². The van der Waals surface area contributed by atoms with Crippen LogP contribution in [0.2, 0.25) is 0 Å². The second-order valence-corrected chi connectivity index (χ2v) is 10.5. The molecule has 3 aliphatic heterocycles. The molecule has 2 aromatic rings. The summed E-state index contributed by atoms with van der Waals surface area (Å²) in [6, 6.07) is 4.59. The van der Waals surface area contributed by atoms with Gasteiger partial charge in [-0.3, -0.25) is 9.59 Å². The smallest absolute Gasteiger partial charge is 0.327 e. The molecule has 1 N–H and O–H groups in total. The number of carbonyl (C=O) groups excluding carboxylic acids is 2. The van der Waals surface area contributed by atoms with Crippen molar-refractivity contribution in [2.45, 2.75) is 44.8 Å². The Morgan fingerprint density at radius 2 is 1.89 bits per heavy atom. The number of carbonyl (C=O) groups is 2. The van der Waals surface area contributed by atoms with Crippen molar-refractivity contribution in [1.29, 1.82) is 0 Å². The van der Waals surface area contributed by atoms with Gasteiger partial charge in [0.2, 0.25) is 0 Å². The molecule has 0 aliphatic carbocycles. The van der Waals surface area contributed by atoms with E-state index in [0.717, 1.165) is 41.1 Å². The summed E-state index contributed by atoms with van der Waals surface area (Å²) >= 11 is 1.40. The minimum absolute atomic E-state index is 0.0771. The molecule has 1 aromatic carbocycles. The summed E-state index contributed by atoms with van der Waals surface area (Å²) in [5, 5.41) is 4.34. The van der Waals surface area contributed by atoms with Gasteiger partial charge in [-0.25, -0.2) is 0 Å². The molecule has 0 unspecified atom stereocenters. The van der Waals surface area contributed by atoms with E-state index < -0.39 is 23.2 Å². The van der Waals surface area contributed by atoms with E-state index in [1.807, 2.05) is 54.2 Å². The third kappa shape index (κ3) is 4.64. The van der Waals surface area contributed by atoms with Gasteiger partial charge in [0.15, 0.2) is 0 Å². The Morgan fingerprint density at radius 1 is 1.11 bits per heavy atom. The van der Waals surface area contributed by atoms with Gasteiger partial charge in [0.05, 0.1) is 16.7 Å². The Kier molecular flexibility index (Phi) is 6.35. The number of anilines is 1. The van der Waals surface area contributed by atoms with Crippen molar-refractivity contribution in [2.75, 3.05) is 11.9 Å². The first kappa shape index (κ1) is 25.1. The molecule has 0 saturated heterocycles. The maximum absolute atomic E-state index is 13.8. The van der Waals surface area contributed by atoms with Gasteiger partial charge < -0.3 is 15.1 Å². The van der Waals surface area contributed by atoms with E-state index in [2.05, 4.69) is 11.4 Å². The molecule has 192 valence electrons. The van der Waals surface area contributed by atoms with Crippen molar-refractivity contribution in [3.63, 3.8) is 0 Å². The molecule has 4 heterocycles. The predicted octanol–water partition coefficient (Wildman–Crippen LogP) is 6.59. The van der Waals surface area contributed by atoms with Crippen molar-refractivity contribution >= 4 is 28.8 Å². The van der Waals surface area contributed by atoms with Crippen LogP contribution in [-0.2, 0) is 22.9 Å². The quantitative estimate of drug-likeness (QED) is 0.492. The van der Waals surface area contributed by atoms with Gasteiger partial charge in [-0.05, 0) is 69.0 Å². The van der Waals surface area contributed by atoms with Crippen molar-refractivity contribution < 1.29 is 22.8 Å². The topological polar surface area (TPSA) is 52.7 Å². The van der Waals surface area contributed by atoms with Crippen LogP contribution in [0.5, 0.6) is 0 Å². The van der Waals surface area contributed by atoms with Crippen LogP contribution in [0, 0.1) is 0 Å². The molecule has 1 aromatic heterocycles. The third-order valence-corrected chi connectivity index (χ3v) is 8.21. The minimum atomic E-state index is -4.49. The summed E-state index contributed by atoms with van der Waals surface area (Å²) in [5.41, 5.74) is 1.44. The zero-order valence-electron chi connectivity index (χ0n) is 20.4. The highest BCUT2D eigenvalue weighted by molar-refractivity contribution is 7.10. The molecule has 0 bridgehead atoms. The van der Waals surface area contributed by atoms with E-state index in [-0.39, 0.29) is 11.6 Å². The van der Waals surface area contributed by atoms with Crippen LogP contribution in [0.4, 0.5) is 18.9 Å². The summed E-state index contributed by atoms with van der Waals surface area (Å²) in [4.78, 5) is 31.6. The average molecular weight is 526 g/mol. The second kappa shape index (κ2) is 9.37. The van der Waals surface area contributed by atoms with E-state index in [1.54, 1.807) is 5.38 Å². The summed E-state index contributed by atoms with van der Waals surface area (Å²) in [6.07, 6.45) is 9.42. The number of thiophene rings is 1. The van der Waals surface area contributed by atoms with Crippen LogP contribution < -0.4 is 5.32 Å². The number of alkyl halides is 3. The highest BCUT2D eigenvalue weighted by Gasteiger charge is 2.42. The number of hydrogen-bond donors (Lipinski definition) is 1. The Labute approximate surface area is 217 Å². The van der Waals surface area contributed by atoms with Crippen LogP contribution in [-0.4, -0.2) is 28.2 Å². The van der Waals surface area contributed by atoms with E-state index in [0.29, 0.717) is 24.2 Å². The highest BCUT2D eigenvalue weighted by atomic mass is 32.1. The van der Waals surface area contributed by atoms with Crippen molar-refractivity contribution in [3.8, 4) is 0 Å². The third-order valence-electron chi connectivity index (χ3n) is 6.88. The molecular formula is C28H26F3N3O2S. The van der Waals surface area contributed by atoms with Gasteiger partial charge in [-0.1, -0.05) is 24.3 Å². The molecule has 9 heteroatoms. The Balaban J connectivity index is 1.39. The lowest BCUT2D eigenvalue weighted by Crippen LogP contribution is -2.51. The molecule has 0 radical (unpaired) electrons. The standard InChI is InChI=1S/C28H26F3N3O2S/c1-27(2)24-21(22(17-37-24)25(35)32-19-9-7-8-18(16-19)28(29,30)31)13-15-34(27)26(36)23-12-4-3-10-20-11-5-6-14-33(20)23/h5-12,14,16-17H,3-4,13,15H2,1-2H3,(H,32,35). The summed E-state index contributed by atoms with van der Waals surface area (Å²) in [5.74, 6) is -0.536. The van der Waals surface area contributed by atoms with Gasteiger partial charge in [0, 0.05) is 34.4 Å². The Hall–Kier alpha value is -3.59. The van der Waals surface area contributed by atoms with Crippen molar-refractivity contribution in [2.24, 2.45) is 0 Å². The monoisotopic (exact) mass is 525 g/mol. The van der Waals surface area contributed by atoms with E-state index in [9.17, 15) is 22.8 Å². The fourth-order valence-electron chi connectivity index (χ4n) is 5.01. The van der Waals surface area contributed by atoms with Gasteiger partial charge in [0.25, 0.3) is 11.8 Å². The summed E-state index contributed by atoms with van der Waals surface area (Å²) in [7, 11) is 0. The molecule has 0 fully saturated rings. The number of nitrogens with zero attached hydrogens (tertiary/aromatic N) is 2. The number of fused-ring (bicyclic) bond motifs is 2. The maximum Gasteiger partial charge on any atom is 0.416 e. The van der Waals surface area contributed by atoms with Gasteiger partial charge in [-0.2, -0.15) is 13.2 Å².